The summed E-state index contributed by atoms with van der Waals surface area (Å²) >= 11 is 0.853. The molecule has 2 heterocycles. The summed E-state index contributed by atoms with van der Waals surface area (Å²) in [5, 5.41) is 8.59. The highest BCUT2D eigenvalue weighted by atomic mass is 32.1. The van der Waals surface area contributed by atoms with Crippen molar-refractivity contribution in [2.75, 3.05) is 0 Å². The first-order valence-electron chi connectivity index (χ1n) is 6.06. The minimum absolute atomic E-state index is 0.123. The summed E-state index contributed by atoms with van der Waals surface area (Å²) in [4.78, 5) is 3.44. The van der Waals surface area contributed by atoms with E-state index in [2.05, 4.69) is 15.2 Å². The predicted molar refractivity (Wildman–Crippen MR) is 71.2 cm³/mol. The summed E-state index contributed by atoms with van der Waals surface area (Å²) < 4.78 is 47.7. The van der Waals surface area contributed by atoms with Gasteiger partial charge in [-0.05, 0) is 12.1 Å². The van der Waals surface area contributed by atoms with Crippen LogP contribution >= 0.6 is 11.3 Å². The number of nitrogens with zero attached hydrogens (tertiary/aromatic N) is 3. The van der Waals surface area contributed by atoms with Crippen molar-refractivity contribution < 1.29 is 22.3 Å². The van der Waals surface area contributed by atoms with Crippen molar-refractivity contribution in [3.63, 3.8) is 0 Å². The van der Waals surface area contributed by atoms with Gasteiger partial charge in [0, 0.05) is 10.9 Å². The van der Waals surface area contributed by atoms with Crippen molar-refractivity contribution >= 4 is 11.3 Å². The first-order chi connectivity index (χ1) is 10.5. The SMILES string of the molecule is FC(F)(F)c1csc(COc2nnc(-c3ccccc3)o2)n1. The Balaban J connectivity index is 1.65. The van der Waals surface area contributed by atoms with Gasteiger partial charge >= 0.3 is 12.3 Å². The van der Waals surface area contributed by atoms with Crippen molar-refractivity contribution in [2.45, 2.75) is 12.8 Å². The molecule has 9 heteroatoms. The van der Waals surface area contributed by atoms with Gasteiger partial charge in [0.2, 0.25) is 0 Å². The summed E-state index contributed by atoms with van der Waals surface area (Å²) in [7, 11) is 0. The lowest BCUT2D eigenvalue weighted by molar-refractivity contribution is -0.140. The molecule has 0 atom stereocenters. The second-order valence-corrected chi connectivity index (χ2v) is 5.09. The van der Waals surface area contributed by atoms with Gasteiger partial charge in [0.15, 0.2) is 5.69 Å². The highest BCUT2D eigenvalue weighted by Crippen LogP contribution is 2.30. The lowest BCUT2D eigenvalue weighted by Gasteiger charge is -2.00. The zero-order valence-corrected chi connectivity index (χ0v) is 11.7. The first kappa shape index (κ1) is 14.5. The number of benzene rings is 1. The van der Waals surface area contributed by atoms with Crippen LogP contribution in [0.15, 0.2) is 40.1 Å². The third-order valence-corrected chi connectivity index (χ3v) is 3.41. The van der Waals surface area contributed by atoms with Crippen LogP contribution in [-0.2, 0) is 12.8 Å². The van der Waals surface area contributed by atoms with Crippen LogP contribution in [0.5, 0.6) is 6.08 Å². The average Bonchev–Trinajstić information content (AvgIpc) is 3.15. The largest absolute Gasteiger partial charge is 0.442 e. The lowest BCUT2D eigenvalue weighted by atomic mass is 10.2. The van der Waals surface area contributed by atoms with Gasteiger partial charge in [0.25, 0.3) is 5.89 Å². The molecule has 0 saturated carbocycles. The molecule has 0 fully saturated rings. The smallest absolute Gasteiger partial charge is 0.434 e. The molecule has 0 amide bonds. The Kier molecular flexibility index (Phi) is 3.80. The number of ether oxygens (including phenoxy) is 1. The molecule has 114 valence electrons. The Morgan fingerprint density at radius 2 is 1.91 bits per heavy atom. The summed E-state index contributed by atoms with van der Waals surface area (Å²) in [6, 6.07) is 9.04. The van der Waals surface area contributed by atoms with E-state index in [1.165, 1.54) is 0 Å². The topological polar surface area (TPSA) is 61.0 Å². The molecular formula is C13H8F3N3O2S. The van der Waals surface area contributed by atoms with Crippen molar-refractivity contribution in [1.82, 2.24) is 15.2 Å². The predicted octanol–water partition coefficient (Wildman–Crippen LogP) is 3.79. The van der Waals surface area contributed by atoms with Gasteiger partial charge in [-0.3, -0.25) is 0 Å². The van der Waals surface area contributed by atoms with Crippen LogP contribution in [0.4, 0.5) is 13.2 Å². The Morgan fingerprint density at radius 1 is 1.14 bits per heavy atom. The van der Waals surface area contributed by atoms with E-state index in [0.29, 0.717) is 0 Å². The normalized spacial score (nSPS) is 11.6. The molecule has 0 aliphatic heterocycles. The maximum Gasteiger partial charge on any atom is 0.434 e. The zero-order valence-electron chi connectivity index (χ0n) is 10.9. The minimum Gasteiger partial charge on any atom is -0.442 e. The maximum atomic E-state index is 12.4. The molecule has 3 rings (SSSR count). The molecule has 5 nitrogen and oxygen atoms in total. The summed E-state index contributed by atoms with van der Waals surface area (Å²) in [5.41, 5.74) is -0.218. The van der Waals surface area contributed by atoms with Gasteiger partial charge < -0.3 is 9.15 Å². The summed E-state index contributed by atoms with van der Waals surface area (Å²) in [6.45, 7) is -0.169. The fourth-order valence-electron chi connectivity index (χ4n) is 1.60. The first-order valence-corrected chi connectivity index (χ1v) is 6.93. The van der Waals surface area contributed by atoms with E-state index in [-0.39, 0.29) is 23.6 Å². The van der Waals surface area contributed by atoms with Crippen LogP contribution in [0.25, 0.3) is 11.5 Å². The van der Waals surface area contributed by atoms with E-state index in [1.54, 1.807) is 12.1 Å². The number of aromatic nitrogens is 3. The Labute approximate surface area is 126 Å². The Bertz CT molecular complexity index is 755. The van der Waals surface area contributed by atoms with Crippen LogP contribution in [0.2, 0.25) is 0 Å². The van der Waals surface area contributed by atoms with Crippen LogP contribution in [0.1, 0.15) is 10.7 Å². The number of hydrogen-bond donors (Lipinski definition) is 0. The monoisotopic (exact) mass is 327 g/mol. The number of halogens is 3. The molecule has 0 radical (unpaired) electrons. The second-order valence-electron chi connectivity index (χ2n) is 4.15. The van der Waals surface area contributed by atoms with Gasteiger partial charge in [0.1, 0.15) is 11.6 Å². The highest BCUT2D eigenvalue weighted by molar-refractivity contribution is 7.09. The van der Waals surface area contributed by atoms with E-state index >= 15 is 0 Å². The Morgan fingerprint density at radius 3 is 2.59 bits per heavy atom. The Hall–Kier alpha value is -2.42. The number of hydrogen-bond acceptors (Lipinski definition) is 6. The van der Waals surface area contributed by atoms with Gasteiger partial charge in [-0.15, -0.1) is 16.4 Å². The number of alkyl halides is 3. The van der Waals surface area contributed by atoms with Crippen LogP contribution in [0.3, 0.4) is 0 Å². The van der Waals surface area contributed by atoms with Gasteiger partial charge in [-0.25, -0.2) is 4.98 Å². The minimum atomic E-state index is -4.46. The molecule has 0 aliphatic carbocycles. The molecule has 3 aromatic rings. The van der Waals surface area contributed by atoms with Crippen molar-refractivity contribution in [3.8, 4) is 17.5 Å². The molecule has 0 bridgehead atoms. The standard InChI is InChI=1S/C13H8F3N3O2S/c14-13(15,16)9-7-22-10(17-9)6-20-12-19-18-11(21-12)8-4-2-1-3-5-8/h1-5,7H,6H2. The molecule has 0 aliphatic rings. The van der Waals surface area contributed by atoms with Crippen LogP contribution < -0.4 is 4.74 Å². The second kappa shape index (κ2) is 5.76. The molecule has 0 saturated heterocycles. The molecule has 2 aromatic heterocycles. The van der Waals surface area contributed by atoms with E-state index in [0.717, 1.165) is 22.3 Å². The third-order valence-electron chi connectivity index (χ3n) is 2.59. The van der Waals surface area contributed by atoms with Crippen molar-refractivity contribution in [2.24, 2.45) is 0 Å². The molecule has 0 spiro atoms. The van der Waals surface area contributed by atoms with Gasteiger partial charge in [0.05, 0.1) is 0 Å². The van der Waals surface area contributed by atoms with Crippen LogP contribution in [-0.4, -0.2) is 15.2 Å². The van der Waals surface area contributed by atoms with E-state index in [9.17, 15) is 13.2 Å². The fraction of sp³-hybridized carbons (Fsp3) is 0.154. The van der Waals surface area contributed by atoms with Gasteiger partial charge in [-0.1, -0.05) is 23.3 Å². The molecule has 0 unspecified atom stereocenters. The molecule has 1 aromatic carbocycles. The average molecular weight is 327 g/mol. The number of rotatable bonds is 4. The van der Waals surface area contributed by atoms with Gasteiger partial charge in [-0.2, -0.15) is 13.2 Å². The van der Waals surface area contributed by atoms with E-state index in [1.807, 2.05) is 18.2 Å². The summed E-state index contributed by atoms with van der Waals surface area (Å²) in [6.07, 6.45) is -4.58. The summed E-state index contributed by atoms with van der Waals surface area (Å²) in [5.74, 6) is 0.269. The maximum absolute atomic E-state index is 12.4. The molecule has 0 N–H and O–H groups in total. The lowest BCUT2D eigenvalue weighted by Crippen LogP contribution is -2.06. The quantitative estimate of drug-likeness (QED) is 0.729. The van der Waals surface area contributed by atoms with Crippen molar-refractivity contribution in [3.05, 3.63) is 46.4 Å². The molecule has 22 heavy (non-hydrogen) atoms. The zero-order chi connectivity index (χ0) is 15.6. The highest BCUT2D eigenvalue weighted by Gasteiger charge is 2.33. The third kappa shape index (κ3) is 3.25. The van der Waals surface area contributed by atoms with Crippen molar-refractivity contribution in [1.29, 1.82) is 0 Å². The number of thiazole rings is 1. The molecular weight excluding hydrogens is 319 g/mol. The van der Waals surface area contributed by atoms with E-state index < -0.39 is 11.9 Å². The van der Waals surface area contributed by atoms with E-state index in [4.69, 9.17) is 9.15 Å². The fourth-order valence-corrected chi connectivity index (χ4v) is 2.31. The van der Waals surface area contributed by atoms with Crippen LogP contribution in [0, 0.1) is 0 Å².